The van der Waals surface area contributed by atoms with Gasteiger partial charge >= 0.3 is 0 Å². The maximum Gasteiger partial charge on any atom is 0.243 e. The van der Waals surface area contributed by atoms with Gasteiger partial charge in [-0.2, -0.15) is 4.31 Å². The molecular formula is C23H34N4O6S. The van der Waals surface area contributed by atoms with Crippen molar-refractivity contribution < 1.29 is 27.5 Å². The molecule has 4 rings (SSSR count). The minimum Gasteiger partial charge on any atom is -0.493 e. The lowest BCUT2D eigenvalue weighted by Crippen LogP contribution is -2.53. The highest BCUT2D eigenvalue weighted by atomic mass is 32.2. The summed E-state index contributed by atoms with van der Waals surface area (Å²) < 4.78 is 38.1. The molecule has 0 aromatic heterocycles. The van der Waals surface area contributed by atoms with Crippen molar-refractivity contribution in [3.63, 3.8) is 0 Å². The summed E-state index contributed by atoms with van der Waals surface area (Å²) in [7, 11) is -0.722. The topological polar surface area (TPSA) is 108 Å². The molecule has 0 radical (unpaired) electrons. The summed E-state index contributed by atoms with van der Waals surface area (Å²) in [5, 5.41) is 3.00. The number of sulfonamides is 1. The number of hydrogen-bond acceptors (Lipinski definition) is 7. The van der Waals surface area contributed by atoms with Crippen molar-refractivity contribution in [2.45, 2.75) is 36.6 Å². The number of methoxy groups -OCH3 is 2. The van der Waals surface area contributed by atoms with Gasteiger partial charge in [0, 0.05) is 57.3 Å². The van der Waals surface area contributed by atoms with E-state index in [0.717, 1.165) is 12.8 Å². The summed E-state index contributed by atoms with van der Waals surface area (Å²) in [6.45, 7) is 3.53. The number of carbonyl (C=O) groups excluding carboxylic acids is 2. The summed E-state index contributed by atoms with van der Waals surface area (Å²) in [4.78, 5) is 29.1. The van der Waals surface area contributed by atoms with Crippen LogP contribution >= 0.6 is 0 Å². The Morgan fingerprint density at radius 3 is 2.18 bits per heavy atom. The molecule has 2 aliphatic heterocycles. The Kier molecular flexibility index (Phi) is 7.63. The van der Waals surface area contributed by atoms with Crippen LogP contribution in [0.15, 0.2) is 23.1 Å². The average molecular weight is 495 g/mol. The number of ether oxygens (including phenoxy) is 2. The largest absolute Gasteiger partial charge is 0.493 e. The summed E-state index contributed by atoms with van der Waals surface area (Å²) in [6, 6.07) is 4.92. The average Bonchev–Trinajstić information content (AvgIpc) is 3.67. The van der Waals surface area contributed by atoms with Gasteiger partial charge in [-0.15, -0.1) is 0 Å². The molecule has 2 heterocycles. The second-order valence-corrected chi connectivity index (χ2v) is 11.1. The van der Waals surface area contributed by atoms with Crippen LogP contribution in [0.4, 0.5) is 0 Å². The standard InChI is InChI=1S/C23H34N4O6S/c1-32-20-6-5-19(15-21(20)33-2)34(30,31)27-9-7-17(8-10-27)23(29)26-13-11-25(12-14-26)16-22(28)24-18-3-4-18/h5-6,15,17-18H,3-4,7-14,16H2,1-2H3,(H,24,28). The molecule has 188 valence electrons. The highest BCUT2D eigenvalue weighted by Crippen LogP contribution is 2.32. The van der Waals surface area contributed by atoms with Crippen LogP contribution in [0.25, 0.3) is 0 Å². The van der Waals surface area contributed by atoms with Gasteiger partial charge in [-0.1, -0.05) is 0 Å². The van der Waals surface area contributed by atoms with Crippen molar-refractivity contribution in [2.75, 3.05) is 60.0 Å². The predicted molar refractivity (Wildman–Crippen MR) is 125 cm³/mol. The highest BCUT2D eigenvalue weighted by Gasteiger charge is 2.35. The minimum atomic E-state index is -3.69. The molecule has 1 aromatic rings. The normalized spacial score (nSPS) is 20.7. The number of benzene rings is 1. The van der Waals surface area contributed by atoms with Crippen LogP contribution in [-0.4, -0.2) is 100 Å². The quantitative estimate of drug-likeness (QED) is 0.562. The molecule has 3 fully saturated rings. The lowest BCUT2D eigenvalue weighted by molar-refractivity contribution is -0.138. The van der Waals surface area contributed by atoms with Gasteiger partial charge < -0.3 is 19.7 Å². The van der Waals surface area contributed by atoms with E-state index in [2.05, 4.69) is 10.2 Å². The van der Waals surface area contributed by atoms with Gasteiger partial charge in [-0.25, -0.2) is 8.42 Å². The van der Waals surface area contributed by atoms with E-state index in [9.17, 15) is 18.0 Å². The van der Waals surface area contributed by atoms with Crippen LogP contribution in [0.1, 0.15) is 25.7 Å². The van der Waals surface area contributed by atoms with Crippen LogP contribution in [0.3, 0.4) is 0 Å². The molecule has 11 heteroatoms. The number of nitrogens with zero attached hydrogens (tertiary/aromatic N) is 3. The van der Waals surface area contributed by atoms with Crippen LogP contribution in [0, 0.1) is 5.92 Å². The van der Waals surface area contributed by atoms with Gasteiger partial charge in [0.15, 0.2) is 11.5 Å². The Morgan fingerprint density at radius 1 is 0.941 bits per heavy atom. The first-order valence-electron chi connectivity index (χ1n) is 11.8. The fraction of sp³-hybridized carbons (Fsp3) is 0.652. The second-order valence-electron chi connectivity index (χ2n) is 9.14. The van der Waals surface area contributed by atoms with E-state index in [1.165, 1.54) is 30.7 Å². The Balaban J connectivity index is 1.27. The molecule has 3 aliphatic rings. The highest BCUT2D eigenvalue weighted by molar-refractivity contribution is 7.89. The molecule has 1 N–H and O–H groups in total. The smallest absolute Gasteiger partial charge is 0.243 e. The summed E-state index contributed by atoms with van der Waals surface area (Å²) >= 11 is 0. The number of carbonyl (C=O) groups is 2. The summed E-state index contributed by atoms with van der Waals surface area (Å²) in [5.41, 5.74) is 0. The Morgan fingerprint density at radius 2 is 1.59 bits per heavy atom. The van der Waals surface area contributed by atoms with E-state index in [-0.39, 0.29) is 22.6 Å². The number of piperazine rings is 1. The van der Waals surface area contributed by atoms with Crippen LogP contribution in [-0.2, 0) is 19.6 Å². The first-order valence-corrected chi connectivity index (χ1v) is 13.3. The Bertz CT molecular complexity index is 997. The third-order valence-corrected chi connectivity index (χ3v) is 8.68. The maximum atomic E-state index is 13.1. The molecule has 1 aromatic carbocycles. The van der Waals surface area contributed by atoms with E-state index >= 15 is 0 Å². The molecule has 2 saturated heterocycles. The zero-order valence-corrected chi connectivity index (χ0v) is 20.7. The molecule has 1 saturated carbocycles. The Labute approximate surface area is 201 Å². The molecule has 1 aliphatic carbocycles. The number of rotatable bonds is 8. The van der Waals surface area contributed by atoms with E-state index in [0.29, 0.717) is 76.2 Å². The SMILES string of the molecule is COc1ccc(S(=O)(=O)N2CCC(C(=O)N3CCN(CC(=O)NC4CC4)CC3)CC2)cc1OC. The molecule has 0 spiro atoms. The van der Waals surface area contributed by atoms with Crippen molar-refractivity contribution in [2.24, 2.45) is 5.92 Å². The molecular weight excluding hydrogens is 460 g/mol. The zero-order valence-electron chi connectivity index (χ0n) is 19.9. The summed E-state index contributed by atoms with van der Waals surface area (Å²) in [6.07, 6.45) is 3.13. The van der Waals surface area contributed by atoms with E-state index in [4.69, 9.17) is 9.47 Å². The van der Waals surface area contributed by atoms with Crippen molar-refractivity contribution >= 4 is 21.8 Å². The van der Waals surface area contributed by atoms with Crippen LogP contribution in [0.5, 0.6) is 11.5 Å². The number of amides is 2. The zero-order chi connectivity index (χ0) is 24.3. The maximum absolute atomic E-state index is 13.1. The van der Waals surface area contributed by atoms with Crippen molar-refractivity contribution in [3.05, 3.63) is 18.2 Å². The third kappa shape index (κ3) is 5.64. The first-order chi connectivity index (χ1) is 16.3. The van der Waals surface area contributed by atoms with Gasteiger partial charge in [0.1, 0.15) is 0 Å². The predicted octanol–water partition coefficient (Wildman–Crippen LogP) is 0.527. The minimum absolute atomic E-state index is 0.0605. The lowest BCUT2D eigenvalue weighted by atomic mass is 9.96. The van der Waals surface area contributed by atoms with Crippen LogP contribution < -0.4 is 14.8 Å². The number of hydrogen-bond donors (Lipinski definition) is 1. The van der Waals surface area contributed by atoms with Gasteiger partial charge in [0.05, 0.1) is 25.7 Å². The monoisotopic (exact) mass is 494 g/mol. The molecule has 0 bridgehead atoms. The Hall–Kier alpha value is -2.37. The molecule has 34 heavy (non-hydrogen) atoms. The second kappa shape index (κ2) is 10.5. The fourth-order valence-electron chi connectivity index (χ4n) is 4.56. The van der Waals surface area contributed by atoms with Crippen molar-refractivity contribution in [3.8, 4) is 11.5 Å². The first kappa shape index (κ1) is 24.7. The fourth-order valence-corrected chi connectivity index (χ4v) is 6.04. The van der Waals surface area contributed by atoms with Gasteiger partial charge in [-0.05, 0) is 37.8 Å². The van der Waals surface area contributed by atoms with Gasteiger partial charge in [-0.3, -0.25) is 14.5 Å². The van der Waals surface area contributed by atoms with E-state index in [1.54, 1.807) is 6.07 Å². The van der Waals surface area contributed by atoms with E-state index in [1.807, 2.05) is 4.90 Å². The van der Waals surface area contributed by atoms with Crippen LogP contribution in [0.2, 0.25) is 0 Å². The lowest BCUT2D eigenvalue weighted by Gasteiger charge is -2.38. The molecule has 10 nitrogen and oxygen atoms in total. The molecule has 0 unspecified atom stereocenters. The third-order valence-electron chi connectivity index (χ3n) is 6.79. The number of nitrogens with one attached hydrogen (secondary N) is 1. The van der Waals surface area contributed by atoms with E-state index < -0.39 is 10.0 Å². The van der Waals surface area contributed by atoms with Crippen molar-refractivity contribution in [1.29, 1.82) is 0 Å². The van der Waals surface area contributed by atoms with Gasteiger partial charge in [0.25, 0.3) is 0 Å². The molecule has 0 atom stereocenters. The van der Waals surface area contributed by atoms with Gasteiger partial charge in [0.2, 0.25) is 21.8 Å². The summed E-state index contributed by atoms with van der Waals surface area (Å²) in [5.74, 6) is 0.796. The molecule has 2 amide bonds. The van der Waals surface area contributed by atoms with Crippen molar-refractivity contribution in [1.82, 2.24) is 19.4 Å². The number of piperidine rings is 1.